The van der Waals surface area contributed by atoms with Crippen molar-refractivity contribution < 1.29 is 29.7 Å². The molecule has 266 valence electrons. The van der Waals surface area contributed by atoms with E-state index < -0.39 is 50.6 Å². The van der Waals surface area contributed by atoms with Crippen LogP contribution in [-0.4, -0.2) is 32.7 Å². The van der Waals surface area contributed by atoms with E-state index in [4.69, 9.17) is 0 Å². The molecule has 6 heteroatoms. The Balaban J connectivity index is 2.44. The summed E-state index contributed by atoms with van der Waals surface area (Å²) in [7, 11) is 0. The highest BCUT2D eigenvalue weighted by atomic mass is 16.3. The van der Waals surface area contributed by atoms with Crippen molar-refractivity contribution in [3.8, 4) is 11.5 Å². The summed E-state index contributed by atoms with van der Waals surface area (Å²) in [6.45, 7) is 20.1. The lowest BCUT2D eigenvalue weighted by molar-refractivity contribution is -0.178. The number of carbonyl (C=O) groups is 3. The van der Waals surface area contributed by atoms with E-state index in [0.717, 1.165) is 35.6 Å². The van der Waals surface area contributed by atoms with E-state index in [1.165, 1.54) is 23.3 Å². The number of hydrogen-bond donors (Lipinski definition) is 3. The van der Waals surface area contributed by atoms with Gasteiger partial charge >= 0.3 is 0 Å². The topological polar surface area (TPSA) is 112 Å². The van der Waals surface area contributed by atoms with E-state index >= 15 is 9.59 Å². The van der Waals surface area contributed by atoms with Gasteiger partial charge in [0.1, 0.15) is 16.7 Å². The summed E-state index contributed by atoms with van der Waals surface area (Å²) < 4.78 is 0. The molecule has 0 amide bonds. The zero-order valence-electron chi connectivity index (χ0n) is 31.4. The minimum atomic E-state index is -1.63. The van der Waals surface area contributed by atoms with E-state index in [1.807, 2.05) is 53.7 Å². The van der Waals surface area contributed by atoms with Crippen molar-refractivity contribution in [3.63, 3.8) is 0 Å². The molecule has 2 fully saturated rings. The Morgan fingerprint density at radius 2 is 1.33 bits per heavy atom. The van der Waals surface area contributed by atoms with Crippen LogP contribution in [0.4, 0.5) is 0 Å². The number of phenolic OH excluding ortho intramolecular Hbond substituents is 2. The first-order chi connectivity index (χ1) is 22.8. The highest BCUT2D eigenvalue weighted by Crippen LogP contribution is 2.67. The van der Waals surface area contributed by atoms with Crippen LogP contribution in [0.2, 0.25) is 0 Å². The van der Waals surface area contributed by atoms with Crippen LogP contribution in [0.15, 0.2) is 82.0 Å². The summed E-state index contributed by atoms with van der Waals surface area (Å²) in [5.41, 5.74) is 1.11. The van der Waals surface area contributed by atoms with E-state index in [9.17, 15) is 20.1 Å². The molecule has 0 aliphatic heterocycles. The van der Waals surface area contributed by atoms with Gasteiger partial charge in [-0.1, -0.05) is 65.2 Å². The van der Waals surface area contributed by atoms with Crippen LogP contribution in [-0.2, 0) is 14.4 Å². The highest BCUT2D eigenvalue weighted by Gasteiger charge is 2.74. The van der Waals surface area contributed by atoms with Gasteiger partial charge in [0, 0.05) is 5.56 Å². The van der Waals surface area contributed by atoms with Gasteiger partial charge in [-0.3, -0.25) is 14.4 Å². The zero-order valence-corrected chi connectivity index (χ0v) is 31.4. The summed E-state index contributed by atoms with van der Waals surface area (Å²) in [5, 5.41) is 32.0. The molecule has 3 rings (SSSR count). The molecule has 3 N–H and O–H groups in total. The number of hydrogen-bond acceptors (Lipinski definition) is 6. The van der Waals surface area contributed by atoms with Crippen molar-refractivity contribution in [3.05, 3.63) is 87.6 Å². The average molecular weight is 671 g/mol. The molecule has 6 nitrogen and oxygen atoms in total. The first-order valence-electron chi connectivity index (χ1n) is 17.6. The monoisotopic (exact) mass is 670 g/mol. The van der Waals surface area contributed by atoms with Gasteiger partial charge in [-0.15, -0.1) is 0 Å². The van der Waals surface area contributed by atoms with Crippen LogP contribution < -0.4 is 0 Å². The molecule has 0 spiro atoms. The number of aliphatic hydroxyl groups is 1. The lowest BCUT2D eigenvalue weighted by Gasteiger charge is -2.61. The predicted octanol–water partition coefficient (Wildman–Crippen LogP) is 10.6. The molecule has 0 radical (unpaired) electrons. The van der Waals surface area contributed by atoms with Gasteiger partial charge in [0.25, 0.3) is 0 Å². The molecule has 2 aliphatic rings. The maximum absolute atomic E-state index is 15.4. The van der Waals surface area contributed by atoms with Crippen LogP contribution in [0.3, 0.4) is 0 Å². The summed E-state index contributed by atoms with van der Waals surface area (Å²) >= 11 is 0. The maximum Gasteiger partial charge on any atom is 0.184 e. The SMILES string of the molecule is CC(C)=CCC/C(C)=C\C[C@H]1C[C@]2(CC=C(C)C)C(=O)/C(=C(/O)c3ccc(O)c(O)c3)C(=O)[C@](CC=C(C)C)(C2=O)[C@]1(C)CCC=C(C)C. The first kappa shape index (κ1) is 39.5. The third-order valence-corrected chi connectivity index (χ3v) is 10.8. The molecule has 0 saturated heterocycles. The molecule has 0 unspecified atom stereocenters. The molecule has 2 saturated carbocycles. The first-order valence-corrected chi connectivity index (χ1v) is 17.6. The minimum Gasteiger partial charge on any atom is -0.506 e. The van der Waals surface area contributed by atoms with E-state index in [-0.39, 0.29) is 36.5 Å². The molecule has 49 heavy (non-hydrogen) atoms. The number of fused-ring (bicyclic) bond motifs is 2. The number of carbonyl (C=O) groups excluding carboxylic acids is 3. The fourth-order valence-corrected chi connectivity index (χ4v) is 7.78. The summed E-state index contributed by atoms with van der Waals surface area (Å²) in [5.74, 6) is -3.33. The minimum absolute atomic E-state index is 0.0202. The average Bonchev–Trinajstić information content (AvgIpc) is 3.00. The van der Waals surface area contributed by atoms with E-state index in [0.29, 0.717) is 19.3 Å². The summed E-state index contributed by atoms with van der Waals surface area (Å²) in [4.78, 5) is 45.6. The normalized spacial score (nSPS) is 26.2. The number of aliphatic hydroxyl groups excluding tert-OH is 1. The second-order valence-electron chi connectivity index (χ2n) is 15.6. The van der Waals surface area contributed by atoms with Crippen LogP contribution in [0.5, 0.6) is 11.5 Å². The Morgan fingerprint density at radius 1 is 0.755 bits per heavy atom. The van der Waals surface area contributed by atoms with Crippen molar-refractivity contribution in [2.24, 2.45) is 22.2 Å². The molecule has 0 aromatic heterocycles. The van der Waals surface area contributed by atoms with Crippen LogP contribution >= 0.6 is 0 Å². The van der Waals surface area contributed by atoms with Crippen LogP contribution in [0.1, 0.15) is 126 Å². The second-order valence-corrected chi connectivity index (χ2v) is 15.6. The van der Waals surface area contributed by atoms with Crippen molar-refractivity contribution in [2.45, 2.75) is 121 Å². The third kappa shape index (κ3) is 7.95. The maximum atomic E-state index is 15.4. The van der Waals surface area contributed by atoms with Crippen molar-refractivity contribution in [2.75, 3.05) is 0 Å². The number of allylic oxidation sites excluding steroid dienone is 11. The number of aromatic hydroxyl groups is 2. The smallest absolute Gasteiger partial charge is 0.184 e. The molecular weight excluding hydrogens is 612 g/mol. The Bertz CT molecular complexity index is 1650. The van der Waals surface area contributed by atoms with Gasteiger partial charge in [0.2, 0.25) is 0 Å². The van der Waals surface area contributed by atoms with Crippen LogP contribution in [0, 0.1) is 22.2 Å². The quantitative estimate of drug-likeness (QED) is 0.0481. The van der Waals surface area contributed by atoms with E-state index in [1.54, 1.807) is 0 Å². The number of rotatable bonds is 13. The number of ketones is 3. The fraction of sp³-hybridized carbons (Fsp3) is 0.512. The van der Waals surface area contributed by atoms with Gasteiger partial charge < -0.3 is 15.3 Å². The summed E-state index contributed by atoms with van der Waals surface area (Å²) in [6, 6.07) is 3.69. The van der Waals surface area contributed by atoms with Gasteiger partial charge in [-0.2, -0.15) is 0 Å². The second kappa shape index (κ2) is 15.7. The molecule has 2 bridgehead atoms. The van der Waals surface area contributed by atoms with Crippen LogP contribution in [0.25, 0.3) is 5.76 Å². The van der Waals surface area contributed by atoms with Gasteiger partial charge in [0.05, 0.1) is 5.41 Å². The summed E-state index contributed by atoms with van der Waals surface area (Å²) in [6.07, 6.45) is 14.6. The predicted molar refractivity (Wildman–Crippen MR) is 199 cm³/mol. The third-order valence-electron chi connectivity index (χ3n) is 10.8. The standard InChI is InChI=1S/C43H58O6/c1-27(2)13-11-15-31(9)16-18-33-26-42(23-20-29(5)6)38(47)36(37(46)32-17-19-34(44)35(45)25-32)39(48)43(40(42)49,24-21-30(7)8)41(33,10)22-12-14-28(3)4/h13-14,16-17,19-21,25,33,44-46H,11-12,15,18,22-24,26H2,1-10H3/b31-16-,37-36-/t33-,41+,42+,43+/m0/s1. The molecule has 1 aromatic carbocycles. The Kier molecular flexibility index (Phi) is 12.7. The van der Waals surface area contributed by atoms with Crippen molar-refractivity contribution >= 4 is 23.1 Å². The number of benzene rings is 1. The van der Waals surface area contributed by atoms with Crippen molar-refractivity contribution in [1.29, 1.82) is 0 Å². The molecule has 2 aliphatic carbocycles. The molecule has 4 atom stereocenters. The Labute approximate surface area is 294 Å². The lowest BCUT2D eigenvalue weighted by atomic mass is 9.37. The zero-order chi connectivity index (χ0) is 36.9. The van der Waals surface area contributed by atoms with Gasteiger partial charge in [-0.05, 0) is 143 Å². The van der Waals surface area contributed by atoms with Gasteiger partial charge in [0.15, 0.2) is 28.8 Å². The number of phenols is 2. The molecule has 0 heterocycles. The Morgan fingerprint density at radius 3 is 1.90 bits per heavy atom. The largest absolute Gasteiger partial charge is 0.506 e. The number of Topliss-reactive ketones (excluding diaryl/α,β-unsaturated/α-hetero) is 3. The lowest BCUT2D eigenvalue weighted by Crippen LogP contribution is -2.70. The van der Waals surface area contributed by atoms with Gasteiger partial charge in [-0.25, -0.2) is 0 Å². The Hall–Kier alpha value is -3.93. The molecule has 1 aromatic rings. The fourth-order valence-electron chi connectivity index (χ4n) is 7.78. The van der Waals surface area contributed by atoms with Crippen molar-refractivity contribution in [1.82, 2.24) is 0 Å². The van der Waals surface area contributed by atoms with E-state index in [2.05, 4.69) is 45.9 Å². The highest BCUT2D eigenvalue weighted by molar-refractivity contribution is 6.41. The molecular formula is C43H58O6.